The second-order valence-electron chi connectivity index (χ2n) is 5.22. The van der Waals surface area contributed by atoms with Crippen LogP contribution >= 0.6 is 0 Å². The molecule has 108 valence electrons. The summed E-state index contributed by atoms with van der Waals surface area (Å²) in [6, 6.07) is 7.97. The fraction of sp³-hybridized carbons (Fsp3) is 0.312. The number of nitrogens with one attached hydrogen (secondary N) is 1. The molecule has 0 saturated carbocycles. The van der Waals surface area contributed by atoms with Gasteiger partial charge >= 0.3 is 0 Å². The average molecular weight is 282 g/mol. The zero-order valence-corrected chi connectivity index (χ0v) is 12.0. The normalized spacial score (nSPS) is 14.2. The maximum Gasteiger partial charge on any atom is 0.259 e. The van der Waals surface area contributed by atoms with Gasteiger partial charge in [-0.25, -0.2) is 9.97 Å². The van der Waals surface area contributed by atoms with E-state index in [1.807, 2.05) is 12.1 Å². The Bertz CT molecular complexity index is 633. The number of carbonyl (C=O) groups excluding carboxylic acids is 1. The molecule has 5 heteroatoms. The molecule has 1 saturated heterocycles. The number of aryl methyl sites for hydroxylation is 1. The van der Waals surface area contributed by atoms with Crippen molar-refractivity contribution in [2.24, 2.45) is 0 Å². The Morgan fingerprint density at radius 2 is 1.90 bits per heavy atom. The van der Waals surface area contributed by atoms with Crippen LogP contribution in [0.5, 0.6) is 0 Å². The highest BCUT2D eigenvalue weighted by Crippen LogP contribution is 2.22. The smallest absolute Gasteiger partial charge is 0.259 e. The minimum absolute atomic E-state index is 0.179. The number of anilines is 2. The predicted molar refractivity (Wildman–Crippen MR) is 82.6 cm³/mol. The first-order chi connectivity index (χ1) is 10.2. The first-order valence-corrected chi connectivity index (χ1v) is 7.17. The lowest BCUT2D eigenvalue weighted by Crippen LogP contribution is -2.18. The van der Waals surface area contributed by atoms with Gasteiger partial charge in [-0.15, -0.1) is 0 Å². The Balaban J connectivity index is 1.70. The molecule has 0 bridgehead atoms. The molecule has 2 heterocycles. The zero-order chi connectivity index (χ0) is 14.7. The van der Waals surface area contributed by atoms with Crippen molar-refractivity contribution in [1.82, 2.24) is 9.97 Å². The topological polar surface area (TPSA) is 58.1 Å². The summed E-state index contributed by atoms with van der Waals surface area (Å²) in [4.78, 5) is 22.5. The van der Waals surface area contributed by atoms with Crippen LogP contribution in [0, 0.1) is 6.92 Å². The lowest BCUT2D eigenvalue weighted by molar-refractivity contribution is 0.102. The molecule has 1 aromatic heterocycles. The number of rotatable bonds is 3. The Hall–Kier alpha value is -2.43. The largest absolute Gasteiger partial charge is 0.372 e. The van der Waals surface area contributed by atoms with Gasteiger partial charge in [-0.3, -0.25) is 4.79 Å². The number of nitrogens with zero attached hydrogens (tertiary/aromatic N) is 3. The second kappa shape index (κ2) is 5.91. The Labute approximate surface area is 124 Å². The summed E-state index contributed by atoms with van der Waals surface area (Å²) in [5, 5.41) is 2.88. The summed E-state index contributed by atoms with van der Waals surface area (Å²) < 4.78 is 0. The van der Waals surface area contributed by atoms with Crippen LogP contribution in [0.1, 0.15) is 28.9 Å². The molecule has 21 heavy (non-hydrogen) atoms. The van der Waals surface area contributed by atoms with Crippen LogP contribution in [-0.2, 0) is 0 Å². The fourth-order valence-corrected chi connectivity index (χ4v) is 2.54. The average Bonchev–Trinajstić information content (AvgIpc) is 3.02. The van der Waals surface area contributed by atoms with E-state index in [0.29, 0.717) is 11.3 Å². The van der Waals surface area contributed by atoms with Gasteiger partial charge in [-0.2, -0.15) is 0 Å². The molecule has 3 rings (SSSR count). The summed E-state index contributed by atoms with van der Waals surface area (Å²) in [6.07, 6.45) is 5.49. The van der Waals surface area contributed by atoms with Crippen LogP contribution in [0.3, 0.4) is 0 Å². The van der Waals surface area contributed by atoms with Gasteiger partial charge in [0.15, 0.2) is 0 Å². The van der Waals surface area contributed by atoms with Crippen LogP contribution < -0.4 is 10.2 Å². The van der Waals surface area contributed by atoms with Crippen LogP contribution in [-0.4, -0.2) is 29.0 Å². The van der Waals surface area contributed by atoms with Crippen molar-refractivity contribution in [2.75, 3.05) is 23.3 Å². The van der Waals surface area contributed by atoms with Gasteiger partial charge in [0.25, 0.3) is 5.91 Å². The highest BCUT2D eigenvalue weighted by Gasteiger charge is 2.13. The van der Waals surface area contributed by atoms with Crippen molar-refractivity contribution < 1.29 is 4.79 Å². The lowest BCUT2D eigenvalue weighted by Gasteiger charge is -2.17. The second-order valence-corrected chi connectivity index (χ2v) is 5.22. The van der Waals surface area contributed by atoms with E-state index >= 15 is 0 Å². The molecule has 0 aliphatic carbocycles. The zero-order valence-electron chi connectivity index (χ0n) is 12.0. The van der Waals surface area contributed by atoms with E-state index in [0.717, 1.165) is 18.8 Å². The van der Waals surface area contributed by atoms with Gasteiger partial charge in [-0.05, 0) is 44.0 Å². The van der Waals surface area contributed by atoms with Crippen LogP contribution in [0.2, 0.25) is 0 Å². The van der Waals surface area contributed by atoms with Crippen molar-refractivity contribution in [2.45, 2.75) is 19.8 Å². The number of aromatic nitrogens is 2. The van der Waals surface area contributed by atoms with Gasteiger partial charge in [-0.1, -0.05) is 0 Å². The Morgan fingerprint density at radius 3 is 2.57 bits per heavy atom. The molecule has 1 aromatic carbocycles. The van der Waals surface area contributed by atoms with Crippen molar-refractivity contribution in [3.05, 3.63) is 48.0 Å². The molecule has 2 aromatic rings. The standard InChI is InChI=1S/C16H18N4O/c1-12-15(10-17-11-18-12)16(21)19-13-4-6-14(7-5-13)20-8-2-3-9-20/h4-7,10-11H,2-3,8-9H2,1H3,(H,19,21). The summed E-state index contributed by atoms with van der Waals surface area (Å²) in [5.41, 5.74) is 3.17. The van der Waals surface area contributed by atoms with Crippen molar-refractivity contribution >= 4 is 17.3 Å². The molecule has 1 fully saturated rings. The number of carbonyl (C=O) groups is 1. The molecule has 0 radical (unpaired) electrons. The van der Waals surface area contributed by atoms with Gasteiger partial charge in [0.05, 0.1) is 11.3 Å². The first kappa shape index (κ1) is 13.5. The maximum atomic E-state index is 12.2. The van der Waals surface area contributed by atoms with Crippen LogP contribution in [0.4, 0.5) is 11.4 Å². The summed E-state index contributed by atoms with van der Waals surface area (Å²) in [5.74, 6) is -0.179. The quantitative estimate of drug-likeness (QED) is 0.940. The summed E-state index contributed by atoms with van der Waals surface area (Å²) in [6.45, 7) is 4.03. The molecule has 1 amide bonds. The summed E-state index contributed by atoms with van der Waals surface area (Å²) >= 11 is 0. The number of hydrogen-bond donors (Lipinski definition) is 1. The fourth-order valence-electron chi connectivity index (χ4n) is 2.54. The maximum absolute atomic E-state index is 12.2. The number of hydrogen-bond acceptors (Lipinski definition) is 4. The van der Waals surface area contributed by atoms with E-state index in [9.17, 15) is 4.79 Å². The number of benzene rings is 1. The molecule has 1 aliphatic heterocycles. The highest BCUT2D eigenvalue weighted by molar-refractivity contribution is 6.04. The van der Waals surface area contributed by atoms with Gasteiger partial charge in [0.2, 0.25) is 0 Å². The van der Waals surface area contributed by atoms with Crippen molar-refractivity contribution in [1.29, 1.82) is 0 Å². The third-order valence-corrected chi connectivity index (χ3v) is 3.75. The van der Waals surface area contributed by atoms with Crippen LogP contribution in [0.25, 0.3) is 0 Å². The first-order valence-electron chi connectivity index (χ1n) is 7.17. The molecular weight excluding hydrogens is 264 g/mol. The predicted octanol–water partition coefficient (Wildman–Crippen LogP) is 2.64. The molecule has 0 atom stereocenters. The van der Waals surface area contributed by atoms with Crippen molar-refractivity contribution in [3.8, 4) is 0 Å². The van der Waals surface area contributed by atoms with Gasteiger partial charge < -0.3 is 10.2 Å². The van der Waals surface area contributed by atoms with E-state index in [2.05, 4.69) is 32.3 Å². The Morgan fingerprint density at radius 1 is 1.19 bits per heavy atom. The van der Waals surface area contributed by atoms with E-state index in [1.54, 1.807) is 6.92 Å². The van der Waals surface area contributed by atoms with Gasteiger partial charge in [0.1, 0.15) is 6.33 Å². The third kappa shape index (κ3) is 3.02. The van der Waals surface area contributed by atoms with Crippen LogP contribution in [0.15, 0.2) is 36.8 Å². The van der Waals surface area contributed by atoms with E-state index in [4.69, 9.17) is 0 Å². The molecule has 1 N–H and O–H groups in total. The third-order valence-electron chi connectivity index (χ3n) is 3.75. The van der Waals surface area contributed by atoms with E-state index < -0.39 is 0 Å². The molecule has 5 nitrogen and oxygen atoms in total. The minimum atomic E-state index is -0.179. The van der Waals surface area contributed by atoms with Crippen molar-refractivity contribution in [3.63, 3.8) is 0 Å². The Kier molecular flexibility index (Phi) is 3.81. The minimum Gasteiger partial charge on any atom is -0.372 e. The molecule has 0 unspecified atom stereocenters. The van der Waals surface area contributed by atoms with E-state index in [1.165, 1.54) is 31.1 Å². The SMILES string of the molecule is Cc1ncncc1C(=O)Nc1ccc(N2CCCC2)cc1. The molecule has 1 aliphatic rings. The highest BCUT2D eigenvalue weighted by atomic mass is 16.1. The number of amides is 1. The lowest BCUT2D eigenvalue weighted by atomic mass is 10.2. The monoisotopic (exact) mass is 282 g/mol. The van der Waals surface area contributed by atoms with E-state index in [-0.39, 0.29) is 5.91 Å². The summed E-state index contributed by atoms with van der Waals surface area (Å²) in [7, 11) is 0. The molecular formula is C16H18N4O. The molecule has 0 spiro atoms. The van der Waals surface area contributed by atoms with Gasteiger partial charge in [0, 0.05) is 30.7 Å².